The van der Waals surface area contributed by atoms with Crippen molar-refractivity contribution in [1.82, 2.24) is 4.72 Å². The minimum atomic E-state index is -4.62. The van der Waals surface area contributed by atoms with Gasteiger partial charge in [0.15, 0.2) is 0 Å². The summed E-state index contributed by atoms with van der Waals surface area (Å²) in [5, 5.41) is 9.23. The fourth-order valence-corrected chi connectivity index (χ4v) is 3.23. The van der Waals surface area contributed by atoms with Crippen molar-refractivity contribution in [3.63, 3.8) is 0 Å². The van der Waals surface area contributed by atoms with Crippen molar-refractivity contribution >= 4 is 10.0 Å². The summed E-state index contributed by atoms with van der Waals surface area (Å²) in [6, 6.07) is 2.85. The van der Waals surface area contributed by atoms with Gasteiger partial charge in [-0.3, -0.25) is 0 Å². The average Bonchev–Trinajstić information content (AvgIpc) is 2.36. The van der Waals surface area contributed by atoms with E-state index in [1.807, 2.05) is 0 Å². The lowest BCUT2D eigenvalue weighted by atomic mass is 9.87. The van der Waals surface area contributed by atoms with E-state index in [9.17, 15) is 26.7 Å². The third-order valence-corrected chi connectivity index (χ3v) is 5.01. The van der Waals surface area contributed by atoms with Crippen molar-refractivity contribution in [3.05, 3.63) is 29.3 Å². The number of halogens is 3. The molecule has 1 aliphatic heterocycles. The zero-order valence-electron chi connectivity index (χ0n) is 11.8. The molecule has 1 heterocycles. The van der Waals surface area contributed by atoms with Crippen molar-refractivity contribution in [2.75, 3.05) is 26.4 Å². The topological polar surface area (TPSA) is 75.6 Å². The van der Waals surface area contributed by atoms with Crippen LogP contribution in [0.25, 0.3) is 0 Å². The molecule has 0 amide bonds. The van der Waals surface area contributed by atoms with Gasteiger partial charge in [0.05, 0.1) is 35.7 Å². The Balaban J connectivity index is 2.23. The van der Waals surface area contributed by atoms with Crippen LogP contribution in [0.3, 0.4) is 0 Å². The first-order valence-corrected chi connectivity index (χ1v) is 7.94. The van der Waals surface area contributed by atoms with Crippen LogP contribution in [0, 0.1) is 12.3 Å². The molecule has 1 aliphatic rings. The number of benzene rings is 1. The first-order chi connectivity index (χ1) is 10.1. The van der Waals surface area contributed by atoms with Gasteiger partial charge in [-0.1, -0.05) is 6.07 Å². The van der Waals surface area contributed by atoms with E-state index in [2.05, 4.69) is 4.72 Å². The second-order valence-corrected chi connectivity index (χ2v) is 7.22. The van der Waals surface area contributed by atoms with Crippen molar-refractivity contribution in [3.8, 4) is 0 Å². The van der Waals surface area contributed by atoms with E-state index in [0.717, 1.165) is 12.1 Å². The van der Waals surface area contributed by atoms with E-state index >= 15 is 0 Å². The number of aliphatic hydroxyl groups excluding tert-OH is 1. The van der Waals surface area contributed by atoms with Gasteiger partial charge in [0, 0.05) is 6.54 Å². The van der Waals surface area contributed by atoms with E-state index in [1.165, 1.54) is 6.92 Å². The van der Waals surface area contributed by atoms with Crippen LogP contribution < -0.4 is 4.72 Å². The normalized spacial score (nSPS) is 18.0. The first kappa shape index (κ1) is 17.2. The van der Waals surface area contributed by atoms with Gasteiger partial charge in [0.25, 0.3) is 0 Å². The molecule has 9 heteroatoms. The summed E-state index contributed by atoms with van der Waals surface area (Å²) in [5.74, 6) is 0. The molecule has 0 spiro atoms. The van der Waals surface area contributed by atoms with Gasteiger partial charge in [-0.2, -0.15) is 13.2 Å². The lowest BCUT2D eigenvalue weighted by Gasteiger charge is -2.39. The van der Waals surface area contributed by atoms with Gasteiger partial charge in [0.2, 0.25) is 10.0 Å². The van der Waals surface area contributed by atoms with Crippen molar-refractivity contribution < 1.29 is 31.4 Å². The molecule has 5 nitrogen and oxygen atoms in total. The average molecular weight is 339 g/mol. The maximum absolute atomic E-state index is 12.8. The Morgan fingerprint density at radius 3 is 2.45 bits per heavy atom. The maximum atomic E-state index is 12.8. The van der Waals surface area contributed by atoms with Gasteiger partial charge in [-0.25, -0.2) is 13.1 Å². The first-order valence-electron chi connectivity index (χ1n) is 6.46. The van der Waals surface area contributed by atoms with Gasteiger partial charge in [-0.05, 0) is 24.6 Å². The Kier molecular flexibility index (Phi) is 4.54. The van der Waals surface area contributed by atoms with Crippen LogP contribution in [-0.4, -0.2) is 39.9 Å². The molecule has 2 rings (SSSR count). The number of sulfonamides is 1. The Labute approximate surface area is 126 Å². The molecular weight excluding hydrogens is 323 g/mol. The Hall–Kier alpha value is -1.16. The molecule has 124 valence electrons. The number of rotatable bonds is 5. The van der Waals surface area contributed by atoms with Crippen LogP contribution in [0.5, 0.6) is 0 Å². The molecule has 1 saturated heterocycles. The van der Waals surface area contributed by atoms with Crippen molar-refractivity contribution in [1.29, 1.82) is 0 Å². The van der Waals surface area contributed by atoms with Gasteiger partial charge in [-0.15, -0.1) is 0 Å². The molecule has 0 atom stereocenters. The zero-order chi connectivity index (χ0) is 16.6. The molecule has 0 aromatic heterocycles. The highest BCUT2D eigenvalue weighted by Gasteiger charge is 2.39. The fraction of sp³-hybridized carbons (Fsp3) is 0.538. The van der Waals surface area contributed by atoms with Gasteiger partial charge in [0.1, 0.15) is 0 Å². The molecule has 0 saturated carbocycles. The number of ether oxygens (including phenoxy) is 1. The molecule has 22 heavy (non-hydrogen) atoms. The van der Waals surface area contributed by atoms with E-state index in [4.69, 9.17) is 4.74 Å². The van der Waals surface area contributed by atoms with Crippen LogP contribution in [0.4, 0.5) is 13.2 Å². The summed E-state index contributed by atoms with van der Waals surface area (Å²) < 4.78 is 70.0. The largest absolute Gasteiger partial charge is 0.416 e. The molecular formula is C13H16F3NO4S. The predicted octanol–water partition coefficient (Wildman–Crippen LogP) is 1.30. The molecule has 0 unspecified atom stereocenters. The van der Waals surface area contributed by atoms with Crippen molar-refractivity contribution in [2.24, 2.45) is 5.41 Å². The number of alkyl halides is 3. The summed E-state index contributed by atoms with van der Waals surface area (Å²) in [6.45, 7) is 1.30. The molecule has 1 fully saturated rings. The second-order valence-electron chi connectivity index (χ2n) is 5.45. The molecule has 1 aromatic rings. The van der Waals surface area contributed by atoms with Gasteiger partial charge < -0.3 is 9.84 Å². The fourth-order valence-electron chi connectivity index (χ4n) is 2.05. The monoisotopic (exact) mass is 339 g/mol. The van der Waals surface area contributed by atoms with Crippen molar-refractivity contribution in [2.45, 2.75) is 18.0 Å². The minimum Gasteiger partial charge on any atom is -0.396 e. The van der Waals surface area contributed by atoms with Crippen LogP contribution in [-0.2, 0) is 20.9 Å². The minimum absolute atomic E-state index is 0.0503. The molecule has 0 radical (unpaired) electrons. The SMILES string of the molecule is Cc1ccc(S(=O)(=O)NCC2(CO)COC2)cc1C(F)(F)F. The number of hydrogen-bond acceptors (Lipinski definition) is 4. The molecule has 0 aliphatic carbocycles. The number of aryl methyl sites for hydroxylation is 1. The summed E-state index contributed by atoms with van der Waals surface area (Å²) in [5.41, 5.74) is -1.74. The highest BCUT2D eigenvalue weighted by atomic mass is 32.2. The Bertz CT molecular complexity index is 648. The predicted molar refractivity (Wildman–Crippen MR) is 71.7 cm³/mol. The van der Waals surface area contributed by atoms with Crippen LogP contribution in [0.2, 0.25) is 0 Å². The van der Waals surface area contributed by atoms with E-state index in [-0.39, 0.29) is 31.9 Å². The highest BCUT2D eigenvalue weighted by Crippen LogP contribution is 2.33. The molecule has 2 N–H and O–H groups in total. The zero-order valence-corrected chi connectivity index (χ0v) is 12.6. The lowest BCUT2D eigenvalue weighted by molar-refractivity contribution is -0.138. The Morgan fingerprint density at radius 2 is 2.00 bits per heavy atom. The Morgan fingerprint density at radius 1 is 1.36 bits per heavy atom. The highest BCUT2D eigenvalue weighted by molar-refractivity contribution is 7.89. The smallest absolute Gasteiger partial charge is 0.396 e. The summed E-state index contributed by atoms with van der Waals surface area (Å²) in [4.78, 5) is -0.459. The summed E-state index contributed by atoms with van der Waals surface area (Å²) >= 11 is 0. The van der Waals surface area contributed by atoms with E-state index in [1.54, 1.807) is 0 Å². The third kappa shape index (κ3) is 3.43. The maximum Gasteiger partial charge on any atom is 0.416 e. The van der Waals surface area contributed by atoms with Gasteiger partial charge >= 0.3 is 6.18 Å². The summed E-state index contributed by atoms with van der Waals surface area (Å²) in [7, 11) is -4.10. The number of aliphatic hydroxyl groups is 1. The quantitative estimate of drug-likeness (QED) is 0.848. The second kappa shape index (κ2) is 5.80. The summed E-state index contributed by atoms with van der Waals surface area (Å²) in [6.07, 6.45) is -4.62. The standard InChI is InChI=1S/C13H16F3NO4S/c1-9-2-3-10(4-11(9)13(14,15)16)22(19,20)17-5-12(6-18)7-21-8-12/h2-4,17-18H,5-8H2,1H3. The molecule has 1 aromatic carbocycles. The van der Waals surface area contributed by atoms with Crippen LogP contribution >= 0.6 is 0 Å². The number of nitrogens with one attached hydrogen (secondary N) is 1. The van der Waals surface area contributed by atoms with Crippen LogP contribution in [0.15, 0.2) is 23.1 Å². The van der Waals surface area contributed by atoms with E-state index in [0.29, 0.717) is 6.07 Å². The lowest BCUT2D eigenvalue weighted by Crippen LogP contribution is -2.53. The molecule has 0 bridgehead atoms. The third-order valence-electron chi connectivity index (χ3n) is 3.61. The van der Waals surface area contributed by atoms with Crippen LogP contribution in [0.1, 0.15) is 11.1 Å². The van der Waals surface area contributed by atoms with E-state index < -0.39 is 32.1 Å². The number of hydrogen-bond donors (Lipinski definition) is 2.